The third-order valence-electron chi connectivity index (χ3n) is 1.83. The summed E-state index contributed by atoms with van der Waals surface area (Å²) in [6.07, 6.45) is 0.858. The number of rotatable bonds is 5. The minimum atomic E-state index is -1.12. The van der Waals surface area contributed by atoms with E-state index in [4.69, 9.17) is 9.52 Å². The van der Waals surface area contributed by atoms with Gasteiger partial charge < -0.3 is 20.2 Å². The molecule has 1 aromatic rings. The molecular formula is C10H14N2O4. The quantitative estimate of drug-likeness (QED) is 0.703. The first-order chi connectivity index (χ1) is 7.63. The van der Waals surface area contributed by atoms with Crippen LogP contribution in [0.25, 0.3) is 0 Å². The Morgan fingerprint density at radius 3 is 2.69 bits per heavy atom. The summed E-state index contributed by atoms with van der Waals surface area (Å²) >= 11 is 0. The number of aromatic carboxylic acids is 1. The molecule has 6 heteroatoms. The molecule has 0 spiro atoms. The molecule has 1 heterocycles. The van der Waals surface area contributed by atoms with E-state index in [1.54, 1.807) is 0 Å². The van der Waals surface area contributed by atoms with Crippen molar-refractivity contribution in [3.05, 3.63) is 23.7 Å². The molecule has 0 bridgehead atoms. The molecule has 0 atom stereocenters. The fraction of sp³-hybridized carbons (Fsp3) is 0.400. The van der Waals surface area contributed by atoms with Gasteiger partial charge in [-0.25, -0.2) is 9.59 Å². The standard InChI is InChI=1S/C10H14N2O4/c1-2-5-11-10(15)12-6-7-3-4-8(16-7)9(13)14/h3-4H,2,5-6H2,1H3,(H,13,14)(H2,11,12,15). The third-order valence-corrected chi connectivity index (χ3v) is 1.83. The van der Waals surface area contributed by atoms with Crippen LogP contribution in [0, 0.1) is 0 Å². The van der Waals surface area contributed by atoms with Gasteiger partial charge in [-0.15, -0.1) is 0 Å². The predicted molar refractivity (Wildman–Crippen MR) is 56.2 cm³/mol. The van der Waals surface area contributed by atoms with Crippen LogP contribution in [0.1, 0.15) is 29.7 Å². The van der Waals surface area contributed by atoms with Crippen molar-refractivity contribution in [1.82, 2.24) is 10.6 Å². The number of hydrogen-bond donors (Lipinski definition) is 3. The number of hydrogen-bond acceptors (Lipinski definition) is 3. The van der Waals surface area contributed by atoms with Crippen LogP contribution in [-0.4, -0.2) is 23.7 Å². The fourth-order valence-corrected chi connectivity index (χ4v) is 1.06. The second kappa shape index (κ2) is 5.79. The van der Waals surface area contributed by atoms with E-state index < -0.39 is 5.97 Å². The van der Waals surface area contributed by atoms with Crippen molar-refractivity contribution in [2.24, 2.45) is 0 Å². The van der Waals surface area contributed by atoms with E-state index in [1.807, 2.05) is 6.92 Å². The first kappa shape index (κ1) is 12.1. The molecule has 2 amide bonds. The van der Waals surface area contributed by atoms with Crippen LogP contribution in [0.3, 0.4) is 0 Å². The van der Waals surface area contributed by atoms with Gasteiger partial charge in [0, 0.05) is 6.54 Å². The van der Waals surface area contributed by atoms with Gasteiger partial charge in [0.2, 0.25) is 5.76 Å². The Morgan fingerprint density at radius 1 is 1.38 bits per heavy atom. The molecule has 0 saturated heterocycles. The van der Waals surface area contributed by atoms with Gasteiger partial charge in [0.05, 0.1) is 6.54 Å². The number of carboxylic acids is 1. The zero-order chi connectivity index (χ0) is 12.0. The van der Waals surface area contributed by atoms with Crippen LogP contribution in [0.4, 0.5) is 4.79 Å². The zero-order valence-corrected chi connectivity index (χ0v) is 8.95. The maximum atomic E-state index is 11.1. The van der Waals surface area contributed by atoms with Crippen LogP contribution < -0.4 is 10.6 Å². The number of carbonyl (C=O) groups excluding carboxylic acids is 1. The predicted octanol–water partition coefficient (Wildman–Crippen LogP) is 1.19. The lowest BCUT2D eigenvalue weighted by atomic mass is 10.4. The van der Waals surface area contributed by atoms with Gasteiger partial charge in [0.1, 0.15) is 5.76 Å². The SMILES string of the molecule is CCCNC(=O)NCc1ccc(C(=O)O)o1. The molecule has 0 aliphatic rings. The summed E-state index contributed by atoms with van der Waals surface area (Å²) < 4.78 is 4.96. The Hall–Kier alpha value is -1.98. The molecule has 0 fully saturated rings. The van der Waals surface area contributed by atoms with Crippen LogP contribution >= 0.6 is 0 Å². The molecule has 6 nitrogen and oxygen atoms in total. The van der Waals surface area contributed by atoms with Crippen LogP contribution in [0.5, 0.6) is 0 Å². The van der Waals surface area contributed by atoms with E-state index in [1.165, 1.54) is 12.1 Å². The van der Waals surface area contributed by atoms with Crippen molar-refractivity contribution in [1.29, 1.82) is 0 Å². The third kappa shape index (κ3) is 3.64. The monoisotopic (exact) mass is 226 g/mol. The summed E-state index contributed by atoms with van der Waals surface area (Å²) in [5.74, 6) is -0.850. The number of carbonyl (C=O) groups is 2. The van der Waals surface area contributed by atoms with Crippen molar-refractivity contribution >= 4 is 12.0 Å². The first-order valence-electron chi connectivity index (χ1n) is 4.97. The Kier molecular flexibility index (Phi) is 4.38. The summed E-state index contributed by atoms with van der Waals surface area (Å²) in [5.41, 5.74) is 0. The van der Waals surface area contributed by atoms with Crippen molar-refractivity contribution in [3.8, 4) is 0 Å². The van der Waals surface area contributed by atoms with Crippen molar-refractivity contribution < 1.29 is 19.1 Å². The molecule has 0 radical (unpaired) electrons. The average Bonchev–Trinajstić information content (AvgIpc) is 2.72. The highest BCUT2D eigenvalue weighted by atomic mass is 16.4. The largest absolute Gasteiger partial charge is 0.475 e. The number of carboxylic acid groups (broad SMARTS) is 1. The van der Waals surface area contributed by atoms with E-state index in [0.29, 0.717) is 12.3 Å². The van der Waals surface area contributed by atoms with E-state index in [-0.39, 0.29) is 18.3 Å². The van der Waals surface area contributed by atoms with Gasteiger partial charge in [-0.2, -0.15) is 0 Å². The van der Waals surface area contributed by atoms with E-state index in [9.17, 15) is 9.59 Å². The molecule has 16 heavy (non-hydrogen) atoms. The second-order valence-corrected chi connectivity index (χ2v) is 3.18. The van der Waals surface area contributed by atoms with E-state index >= 15 is 0 Å². The highest BCUT2D eigenvalue weighted by molar-refractivity contribution is 5.84. The van der Waals surface area contributed by atoms with E-state index in [0.717, 1.165) is 6.42 Å². The molecule has 1 rings (SSSR count). The van der Waals surface area contributed by atoms with Crippen molar-refractivity contribution in [2.75, 3.05) is 6.54 Å². The van der Waals surface area contributed by atoms with E-state index in [2.05, 4.69) is 10.6 Å². The van der Waals surface area contributed by atoms with Gasteiger partial charge in [-0.1, -0.05) is 6.92 Å². The van der Waals surface area contributed by atoms with Crippen molar-refractivity contribution in [2.45, 2.75) is 19.9 Å². The zero-order valence-electron chi connectivity index (χ0n) is 8.95. The van der Waals surface area contributed by atoms with Crippen LogP contribution in [0.2, 0.25) is 0 Å². The molecule has 0 aliphatic heterocycles. The van der Waals surface area contributed by atoms with Gasteiger partial charge in [-0.3, -0.25) is 0 Å². The molecule has 0 aromatic carbocycles. The maximum absolute atomic E-state index is 11.1. The highest BCUT2D eigenvalue weighted by Crippen LogP contribution is 2.07. The Balaban J connectivity index is 2.36. The molecule has 3 N–H and O–H groups in total. The summed E-state index contributed by atoms with van der Waals surface area (Å²) in [6, 6.07) is 2.57. The van der Waals surface area contributed by atoms with Gasteiger partial charge in [-0.05, 0) is 18.6 Å². The lowest BCUT2D eigenvalue weighted by Crippen LogP contribution is -2.35. The van der Waals surface area contributed by atoms with Gasteiger partial charge in [0.25, 0.3) is 0 Å². The summed E-state index contributed by atoms with van der Waals surface area (Å²) in [6.45, 7) is 2.72. The molecule has 88 valence electrons. The topological polar surface area (TPSA) is 91.6 Å². The van der Waals surface area contributed by atoms with Crippen LogP contribution in [0.15, 0.2) is 16.5 Å². The van der Waals surface area contributed by atoms with Gasteiger partial charge >= 0.3 is 12.0 Å². The number of urea groups is 1. The molecule has 0 saturated carbocycles. The summed E-state index contributed by atoms with van der Waals surface area (Å²) in [7, 11) is 0. The number of amides is 2. The minimum Gasteiger partial charge on any atom is -0.475 e. The van der Waals surface area contributed by atoms with Crippen LogP contribution in [-0.2, 0) is 6.54 Å². The Morgan fingerprint density at radius 2 is 2.12 bits per heavy atom. The molecular weight excluding hydrogens is 212 g/mol. The average molecular weight is 226 g/mol. The Labute approximate surface area is 92.6 Å². The smallest absolute Gasteiger partial charge is 0.371 e. The lowest BCUT2D eigenvalue weighted by molar-refractivity contribution is 0.0660. The molecule has 0 unspecified atom stereocenters. The highest BCUT2D eigenvalue weighted by Gasteiger charge is 2.09. The fourth-order valence-electron chi connectivity index (χ4n) is 1.06. The molecule has 0 aliphatic carbocycles. The summed E-state index contributed by atoms with van der Waals surface area (Å²) in [5, 5.41) is 13.8. The minimum absolute atomic E-state index is 0.134. The van der Waals surface area contributed by atoms with Gasteiger partial charge in [0.15, 0.2) is 0 Å². The molecule has 1 aromatic heterocycles. The number of furan rings is 1. The first-order valence-corrected chi connectivity index (χ1v) is 4.97. The normalized spacial score (nSPS) is 9.81. The Bertz CT molecular complexity index is 373. The lowest BCUT2D eigenvalue weighted by Gasteiger charge is -2.04. The second-order valence-electron chi connectivity index (χ2n) is 3.18. The number of nitrogens with one attached hydrogen (secondary N) is 2. The van der Waals surface area contributed by atoms with Crippen molar-refractivity contribution in [3.63, 3.8) is 0 Å². The summed E-state index contributed by atoms with van der Waals surface area (Å²) in [4.78, 5) is 21.6. The maximum Gasteiger partial charge on any atom is 0.371 e.